The average Bonchev–Trinajstić information content (AvgIpc) is 3.32. The van der Waals surface area contributed by atoms with Crippen LogP contribution < -0.4 is 5.32 Å². The standard InChI is InChI=1S/C22H29N5O2/c1-16-13-25-21(17-6-5-9-23-14-17)26(16)11-10-24-22(29)18-12-20(28)27(15-18)19-7-3-2-4-8-19/h5-6,9,13-14,18-19H,2-4,7-8,10-12,15H2,1H3,(H,24,29). The SMILES string of the molecule is Cc1cnc(-c2cccnc2)n1CCNC(=O)C1CC(=O)N(C2CCCCC2)C1. The number of nitrogens with zero attached hydrogens (tertiary/aromatic N) is 4. The Morgan fingerprint density at radius 2 is 2.07 bits per heavy atom. The second-order valence-electron chi connectivity index (χ2n) is 8.15. The number of aromatic nitrogens is 3. The van der Waals surface area contributed by atoms with Gasteiger partial charge in [0.2, 0.25) is 11.8 Å². The van der Waals surface area contributed by atoms with Gasteiger partial charge in [-0.2, -0.15) is 0 Å². The lowest BCUT2D eigenvalue weighted by Crippen LogP contribution is -2.39. The molecule has 2 aromatic rings. The first kappa shape index (κ1) is 19.6. The largest absolute Gasteiger partial charge is 0.354 e. The molecule has 154 valence electrons. The highest BCUT2D eigenvalue weighted by Crippen LogP contribution is 2.28. The van der Waals surface area contributed by atoms with Crippen LogP contribution >= 0.6 is 0 Å². The van der Waals surface area contributed by atoms with Crippen LogP contribution in [0.1, 0.15) is 44.2 Å². The van der Waals surface area contributed by atoms with Gasteiger partial charge in [0.15, 0.2) is 0 Å². The zero-order valence-corrected chi connectivity index (χ0v) is 17.0. The van der Waals surface area contributed by atoms with Crippen molar-refractivity contribution >= 4 is 11.8 Å². The van der Waals surface area contributed by atoms with Crippen LogP contribution in [0.5, 0.6) is 0 Å². The van der Waals surface area contributed by atoms with E-state index in [1.165, 1.54) is 19.3 Å². The van der Waals surface area contributed by atoms with Crippen LogP contribution in [0.25, 0.3) is 11.4 Å². The molecular formula is C22H29N5O2. The topological polar surface area (TPSA) is 80.1 Å². The number of nitrogens with one attached hydrogen (secondary N) is 1. The Morgan fingerprint density at radius 1 is 1.24 bits per heavy atom. The third-order valence-corrected chi connectivity index (χ3v) is 6.15. The fourth-order valence-corrected chi connectivity index (χ4v) is 4.56. The molecule has 0 bridgehead atoms. The Morgan fingerprint density at radius 3 is 2.83 bits per heavy atom. The maximum absolute atomic E-state index is 12.7. The third kappa shape index (κ3) is 4.33. The highest BCUT2D eigenvalue weighted by Gasteiger charge is 2.37. The van der Waals surface area contributed by atoms with Crippen molar-refractivity contribution in [3.63, 3.8) is 0 Å². The van der Waals surface area contributed by atoms with Gasteiger partial charge in [0.05, 0.1) is 5.92 Å². The van der Waals surface area contributed by atoms with E-state index in [2.05, 4.69) is 19.9 Å². The van der Waals surface area contributed by atoms with Crippen molar-refractivity contribution in [1.29, 1.82) is 0 Å². The lowest BCUT2D eigenvalue weighted by molar-refractivity contribution is -0.130. The Bertz CT molecular complexity index is 857. The Labute approximate surface area is 171 Å². The second-order valence-corrected chi connectivity index (χ2v) is 8.15. The number of imidazole rings is 1. The smallest absolute Gasteiger partial charge is 0.225 e. The molecule has 2 amide bonds. The van der Waals surface area contributed by atoms with Crippen molar-refractivity contribution in [2.75, 3.05) is 13.1 Å². The van der Waals surface area contributed by atoms with Gasteiger partial charge < -0.3 is 14.8 Å². The summed E-state index contributed by atoms with van der Waals surface area (Å²) in [6, 6.07) is 4.21. The second kappa shape index (κ2) is 8.76. The van der Waals surface area contributed by atoms with E-state index in [9.17, 15) is 9.59 Å². The fraction of sp³-hybridized carbons (Fsp3) is 0.545. The first-order valence-electron chi connectivity index (χ1n) is 10.6. The summed E-state index contributed by atoms with van der Waals surface area (Å²) in [5.74, 6) is 0.745. The first-order valence-corrected chi connectivity index (χ1v) is 10.6. The zero-order chi connectivity index (χ0) is 20.2. The Hall–Kier alpha value is -2.70. The summed E-state index contributed by atoms with van der Waals surface area (Å²) in [7, 11) is 0. The number of carbonyl (C=O) groups excluding carboxylic acids is 2. The molecule has 7 heteroatoms. The monoisotopic (exact) mass is 395 g/mol. The Balaban J connectivity index is 1.32. The highest BCUT2D eigenvalue weighted by atomic mass is 16.2. The van der Waals surface area contributed by atoms with Crippen LogP contribution in [-0.4, -0.2) is 50.4 Å². The van der Waals surface area contributed by atoms with Crippen molar-refractivity contribution in [3.05, 3.63) is 36.4 Å². The summed E-state index contributed by atoms with van der Waals surface area (Å²) in [6.45, 7) is 3.72. The molecule has 0 aromatic carbocycles. The molecule has 0 spiro atoms. The minimum absolute atomic E-state index is 0.0163. The molecule has 1 atom stereocenters. The quantitative estimate of drug-likeness (QED) is 0.815. The fourth-order valence-electron chi connectivity index (χ4n) is 4.56. The first-order chi connectivity index (χ1) is 14.1. The predicted molar refractivity (Wildman–Crippen MR) is 110 cm³/mol. The summed E-state index contributed by atoms with van der Waals surface area (Å²) in [6.07, 6.45) is 11.5. The number of hydrogen-bond donors (Lipinski definition) is 1. The van der Waals surface area contributed by atoms with Crippen LogP contribution in [0.3, 0.4) is 0 Å². The van der Waals surface area contributed by atoms with Crippen molar-refractivity contribution in [3.8, 4) is 11.4 Å². The molecule has 1 saturated carbocycles. The minimum Gasteiger partial charge on any atom is -0.354 e. The number of aryl methyl sites for hydroxylation is 1. The summed E-state index contributed by atoms with van der Waals surface area (Å²) >= 11 is 0. The van der Waals surface area contributed by atoms with Crippen LogP contribution in [0.15, 0.2) is 30.7 Å². The average molecular weight is 396 g/mol. The minimum atomic E-state index is -0.230. The van der Waals surface area contributed by atoms with Gasteiger partial charge in [0.1, 0.15) is 5.82 Å². The molecule has 3 heterocycles. The van der Waals surface area contributed by atoms with E-state index in [0.29, 0.717) is 32.1 Å². The van der Waals surface area contributed by atoms with Crippen molar-refractivity contribution in [2.24, 2.45) is 5.92 Å². The van der Waals surface area contributed by atoms with Crippen LogP contribution in [0, 0.1) is 12.8 Å². The maximum Gasteiger partial charge on any atom is 0.225 e. The molecule has 2 aromatic heterocycles. The molecule has 7 nitrogen and oxygen atoms in total. The molecule has 2 fully saturated rings. The van der Waals surface area contributed by atoms with Gasteiger partial charge in [0, 0.05) is 61.9 Å². The van der Waals surface area contributed by atoms with Crippen LogP contribution in [0.4, 0.5) is 0 Å². The summed E-state index contributed by atoms with van der Waals surface area (Å²) < 4.78 is 2.09. The Kier molecular flexibility index (Phi) is 5.92. The van der Waals surface area contributed by atoms with Gasteiger partial charge in [-0.05, 0) is 31.9 Å². The van der Waals surface area contributed by atoms with Crippen LogP contribution in [-0.2, 0) is 16.1 Å². The molecule has 1 aliphatic heterocycles. The number of rotatable bonds is 6. The zero-order valence-electron chi connectivity index (χ0n) is 17.0. The van der Waals surface area contributed by atoms with Gasteiger partial charge in [-0.25, -0.2) is 4.98 Å². The van der Waals surface area contributed by atoms with Gasteiger partial charge in [-0.3, -0.25) is 14.6 Å². The summed E-state index contributed by atoms with van der Waals surface area (Å²) in [5.41, 5.74) is 1.99. The highest BCUT2D eigenvalue weighted by molar-refractivity contribution is 5.89. The number of amides is 2. The predicted octanol–water partition coefficient (Wildman–Crippen LogP) is 2.55. The molecule has 2 aliphatic rings. The number of pyridine rings is 1. The van der Waals surface area contributed by atoms with Crippen molar-refractivity contribution < 1.29 is 9.59 Å². The van der Waals surface area contributed by atoms with E-state index in [1.54, 1.807) is 12.4 Å². The number of likely N-dealkylation sites (tertiary alicyclic amines) is 1. The van der Waals surface area contributed by atoms with Gasteiger partial charge in [0.25, 0.3) is 0 Å². The molecule has 4 rings (SSSR count). The van der Waals surface area contributed by atoms with Crippen molar-refractivity contribution in [2.45, 2.75) is 58.0 Å². The normalized spacial score (nSPS) is 20.2. The van der Waals surface area contributed by atoms with Crippen molar-refractivity contribution in [1.82, 2.24) is 24.8 Å². The van der Waals surface area contributed by atoms with E-state index in [1.807, 2.05) is 30.2 Å². The van der Waals surface area contributed by atoms with E-state index in [-0.39, 0.29) is 17.7 Å². The van der Waals surface area contributed by atoms with E-state index >= 15 is 0 Å². The maximum atomic E-state index is 12.7. The molecule has 1 N–H and O–H groups in total. The molecule has 1 aliphatic carbocycles. The van der Waals surface area contributed by atoms with E-state index in [0.717, 1.165) is 29.9 Å². The van der Waals surface area contributed by atoms with Crippen LogP contribution in [0.2, 0.25) is 0 Å². The third-order valence-electron chi connectivity index (χ3n) is 6.15. The van der Waals surface area contributed by atoms with Gasteiger partial charge in [-0.1, -0.05) is 19.3 Å². The molecule has 1 saturated heterocycles. The summed E-state index contributed by atoms with van der Waals surface area (Å²) in [4.78, 5) is 35.7. The number of carbonyl (C=O) groups is 2. The molecular weight excluding hydrogens is 366 g/mol. The lowest BCUT2D eigenvalue weighted by Gasteiger charge is -2.31. The summed E-state index contributed by atoms with van der Waals surface area (Å²) in [5, 5.41) is 3.03. The van der Waals surface area contributed by atoms with Gasteiger partial charge >= 0.3 is 0 Å². The molecule has 0 radical (unpaired) electrons. The molecule has 29 heavy (non-hydrogen) atoms. The lowest BCUT2D eigenvalue weighted by atomic mass is 9.94. The van der Waals surface area contributed by atoms with E-state index < -0.39 is 0 Å². The number of hydrogen-bond acceptors (Lipinski definition) is 4. The van der Waals surface area contributed by atoms with E-state index in [4.69, 9.17) is 0 Å². The molecule has 1 unspecified atom stereocenters. The van der Waals surface area contributed by atoms with Gasteiger partial charge in [-0.15, -0.1) is 0 Å².